The van der Waals surface area contributed by atoms with Crippen LogP contribution in [0.3, 0.4) is 0 Å². The largest absolute Gasteiger partial charge is 0.393 e. The van der Waals surface area contributed by atoms with Crippen molar-refractivity contribution in [2.24, 2.45) is 7.05 Å². The number of nitrogens with zero attached hydrogens (tertiary/aromatic N) is 3. The van der Waals surface area contributed by atoms with Gasteiger partial charge < -0.3 is 9.67 Å². The molecule has 0 fully saturated rings. The molecule has 2 aromatic heterocycles. The van der Waals surface area contributed by atoms with Crippen LogP contribution in [-0.2, 0) is 13.6 Å². The van der Waals surface area contributed by atoms with Crippen LogP contribution in [0.25, 0.3) is 11.2 Å². The van der Waals surface area contributed by atoms with E-state index in [4.69, 9.17) is 0 Å². The molecule has 2 heterocycles. The van der Waals surface area contributed by atoms with E-state index >= 15 is 0 Å². The summed E-state index contributed by atoms with van der Waals surface area (Å²) in [6, 6.07) is 0. The molecule has 0 aliphatic heterocycles. The Hall–Kier alpha value is -1.54. The molecule has 0 saturated heterocycles. The topological polar surface area (TPSA) is 92.9 Å². The fourth-order valence-electron chi connectivity index (χ4n) is 2.25. The minimum absolute atomic E-state index is 0.387. The first-order chi connectivity index (χ1) is 10.5. The van der Waals surface area contributed by atoms with Gasteiger partial charge in [-0.25, -0.2) is 9.78 Å². The summed E-state index contributed by atoms with van der Waals surface area (Å²) < 4.78 is 3.20. The molecule has 0 aliphatic carbocycles. The highest BCUT2D eigenvalue weighted by atomic mass is 32.2. The molecule has 8 heteroatoms. The Bertz CT molecular complexity index is 760. The number of imidazole rings is 1. The van der Waals surface area contributed by atoms with Crippen molar-refractivity contribution < 1.29 is 5.11 Å². The molecule has 0 bridgehead atoms. The highest BCUT2D eigenvalue weighted by Crippen LogP contribution is 2.22. The number of aliphatic hydroxyl groups is 1. The summed E-state index contributed by atoms with van der Waals surface area (Å²) in [6.07, 6.45) is 2.62. The van der Waals surface area contributed by atoms with E-state index in [1.54, 1.807) is 14.0 Å². The fraction of sp³-hybridized carbons (Fsp3) is 0.643. The SMILES string of the molecule is CCCCCn1c(SC[C@@H](C)O)nc2c1c(=O)[nH]c(=O)n2C. The zero-order valence-electron chi connectivity index (χ0n) is 13.1. The van der Waals surface area contributed by atoms with Gasteiger partial charge in [0.25, 0.3) is 5.56 Å². The lowest BCUT2D eigenvalue weighted by atomic mass is 10.2. The van der Waals surface area contributed by atoms with Gasteiger partial charge in [0.1, 0.15) is 0 Å². The van der Waals surface area contributed by atoms with Gasteiger partial charge in [0.15, 0.2) is 16.3 Å². The second-order valence-electron chi connectivity index (χ2n) is 5.40. The lowest BCUT2D eigenvalue weighted by Gasteiger charge is -2.08. The third-order valence-electron chi connectivity index (χ3n) is 3.41. The molecule has 122 valence electrons. The van der Waals surface area contributed by atoms with E-state index in [9.17, 15) is 14.7 Å². The van der Waals surface area contributed by atoms with E-state index in [1.165, 1.54) is 16.3 Å². The van der Waals surface area contributed by atoms with Gasteiger partial charge in [-0.3, -0.25) is 14.3 Å². The maximum Gasteiger partial charge on any atom is 0.329 e. The first kappa shape index (κ1) is 16.8. The number of aromatic amines is 1. The van der Waals surface area contributed by atoms with Crippen LogP contribution in [-0.4, -0.2) is 36.1 Å². The van der Waals surface area contributed by atoms with E-state index in [1.807, 2.05) is 4.57 Å². The normalized spacial score (nSPS) is 12.9. The van der Waals surface area contributed by atoms with Crippen molar-refractivity contribution in [3.63, 3.8) is 0 Å². The van der Waals surface area contributed by atoms with Crippen LogP contribution >= 0.6 is 11.8 Å². The fourth-order valence-corrected chi connectivity index (χ4v) is 3.13. The van der Waals surface area contributed by atoms with Crippen molar-refractivity contribution >= 4 is 22.9 Å². The number of nitrogens with one attached hydrogen (secondary N) is 1. The number of rotatable bonds is 7. The molecule has 0 radical (unpaired) electrons. The first-order valence-electron chi connectivity index (χ1n) is 7.46. The van der Waals surface area contributed by atoms with Gasteiger partial charge in [0.2, 0.25) is 0 Å². The Morgan fingerprint density at radius 2 is 2.09 bits per heavy atom. The Labute approximate surface area is 132 Å². The Kier molecular flexibility index (Phi) is 5.47. The minimum Gasteiger partial charge on any atom is -0.393 e. The highest BCUT2D eigenvalue weighted by Gasteiger charge is 2.17. The number of fused-ring (bicyclic) bond motifs is 1. The van der Waals surface area contributed by atoms with Crippen molar-refractivity contribution in [2.75, 3.05) is 5.75 Å². The summed E-state index contributed by atoms with van der Waals surface area (Å²) in [5, 5.41) is 10.1. The summed E-state index contributed by atoms with van der Waals surface area (Å²) in [7, 11) is 1.59. The molecule has 0 saturated carbocycles. The molecule has 0 unspecified atom stereocenters. The van der Waals surface area contributed by atoms with Gasteiger partial charge in [-0.05, 0) is 13.3 Å². The molecule has 2 rings (SSSR count). The summed E-state index contributed by atoms with van der Waals surface area (Å²) in [4.78, 5) is 30.6. The zero-order chi connectivity index (χ0) is 16.3. The molecule has 0 spiro atoms. The van der Waals surface area contributed by atoms with E-state index in [-0.39, 0.29) is 0 Å². The van der Waals surface area contributed by atoms with Crippen molar-refractivity contribution in [3.05, 3.63) is 20.8 Å². The highest BCUT2D eigenvalue weighted by molar-refractivity contribution is 7.99. The molecule has 0 aliphatic rings. The third kappa shape index (κ3) is 3.44. The van der Waals surface area contributed by atoms with Gasteiger partial charge in [0.05, 0.1) is 6.10 Å². The number of thioether (sulfide) groups is 1. The Morgan fingerprint density at radius 3 is 2.73 bits per heavy atom. The van der Waals surface area contributed by atoms with Gasteiger partial charge in [-0.15, -0.1) is 0 Å². The molecular weight excluding hydrogens is 304 g/mol. The van der Waals surface area contributed by atoms with Gasteiger partial charge in [-0.1, -0.05) is 31.5 Å². The first-order valence-corrected chi connectivity index (χ1v) is 8.44. The summed E-state index contributed by atoms with van der Waals surface area (Å²) >= 11 is 1.40. The van der Waals surface area contributed by atoms with Crippen molar-refractivity contribution in [1.29, 1.82) is 0 Å². The molecule has 1 atom stereocenters. The number of hydrogen-bond acceptors (Lipinski definition) is 5. The van der Waals surface area contributed by atoms with Gasteiger partial charge in [0, 0.05) is 19.3 Å². The van der Waals surface area contributed by atoms with Crippen molar-refractivity contribution in [1.82, 2.24) is 19.1 Å². The van der Waals surface area contributed by atoms with E-state index < -0.39 is 17.4 Å². The number of aryl methyl sites for hydroxylation is 2. The van der Waals surface area contributed by atoms with Gasteiger partial charge >= 0.3 is 5.69 Å². The van der Waals surface area contributed by atoms with Crippen LogP contribution in [0, 0.1) is 0 Å². The maximum atomic E-state index is 12.2. The molecule has 22 heavy (non-hydrogen) atoms. The average molecular weight is 326 g/mol. The van der Waals surface area contributed by atoms with Crippen LogP contribution < -0.4 is 11.2 Å². The second-order valence-corrected chi connectivity index (χ2v) is 6.39. The summed E-state index contributed by atoms with van der Waals surface area (Å²) in [6.45, 7) is 4.50. The molecular formula is C14H22N4O3S. The monoisotopic (exact) mass is 326 g/mol. The lowest BCUT2D eigenvalue weighted by molar-refractivity contribution is 0.220. The number of aliphatic hydroxyl groups excluding tert-OH is 1. The van der Waals surface area contributed by atoms with Crippen LogP contribution in [0.4, 0.5) is 0 Å². The predicted octanol–water partition coefficient (Wildman–Crippen LogP) is 1.09. The summed E-state index contributed by atoms with van der Waals surface area (Å²) in [5.74, 6) is 0.489. The maximum absolute atomic E-state index is 12.2. The molecule has 7 nitrogen and oxygen atoms in total. The number of unbranched alkanes of at least 4 members (excludes halogenated alkanes) is 2. The number of hydrogen-bond donors (Lipinski definition) is 2. The number of H-pyrrole nitrogens is 1. The standard InChI is InChI=1S/C14H22N4O3S/c1-4-5-6-7-18-10-11(15-14(18)22-8-9(2)19)17(3)13(21)16-12(10)20/h9,19H,4-8H2,1-3H3,(H,16,20,21)/t9-/m1/s1. The van der Waals surface area contributed by atoms with Crippen LogP contribution in [0.5, 0.6) is 0 Å². The number of aromatic nitrogens is 4. The molecule has 2 N–H and O–H groups in total. The summed E-state index contributed by atoms with van der Waals surface area (Å²) in [5.41, 5.74) is -0.0709. The molecule has 2 aromatic rings. The van der Waals surface area contributed by atoms with Crippen molar-refractivity contribution in [3.8, 4) is 0 Å². The van der Waals surface area contributed by atoms with Crippen LogP contribution in [0.1, 0.15) is 33.1 Å². The average Bonchev–Trinajstić information content (AvgIpc) is 2.82. The molecule has 0 aromatic carbocycles. The quantitative estimate of drug-likeness (QED) is 0.587. The Morgan fingerprint density at radius 1 is 1.36 bits per heavy atom. The smallest absolute Gasteiger partial charge is 0.329 e. The van der Waals surface area contributed by atoms with E-state index in [0.29, 0.717) is 28.6 Å². The zero-order valence-corrected chi connectivity index (χ0v) is 13.9. The van der Waals surface area contributed by atoms with E-state index in [2.05, 4.69) is 16.9 Å². The predicted molar refractivity (Wildman–Crippen MR) is 87.5 cm³/mol. The second kappa shape index (κ2) is 7.15. The Balaban J connectivity index is 2.53. The van der Waals surface area contributed by atoms with Crippen LogP contribution in [0.2, 0.25) is 0 Å². The lowest BCUT2D eigenvalue weighted by Crippen LogP contribution is -2.29. The van der Waals surface area contributed by atoms with E-state index in [0.717, 1.165) is 19.3 Å². The third-order valence-corrected chi connectivity index (χ3v) is 4.63. The minimum atomic E-state index is -0.470. The van der Waals surface area contributed by atoms with Crippen LogP contribution in [0.15, 0.2) is 14.7 Å². The molecule has 0 amide bonds. The van der Waals surface area contributed by atoms with Gasteiger partial charge in [-0.2, -0.15) is 0 Å². The van der Waals surface area contributed by atoms with Crippen molar-refractivity contribution in [2.45, 2.75) is 50.9 Å².